The summed E-state index contributed by atoms with van der Waals surface area (Å²) < 4.78 is 13.2. The average Bonchev–Trinajstić information content (AvgIpc) is 2.41. The van der Waals surface area contributed by atoms with E-state index in [-0.39, 0.29) is 17.4 Å². The van der Waals surface area contributed by atoms with Crippen molar-refractivity contribution in [2.75, 3.05) is 5.32 Å². The number of nitrogens with one attached hydrogen (secondary N) is 1. The second kappa shape index (κ2) is 5.83. The number of nitriles is 1. The van der Waals surface area contributed by atoms with Crippen molar-refractivity contribution in [2.45, 2.75) is 32.6 Å². The van der Waals surface area contributed by atoms with Crippen LogP contribution in [-0.4, -0.2) is 5.91 Å². The minimum atomic E-state index is -0.563. The Morgan fingerprint density at radius 1 is 1.37 bits per heavy atom. The molecule has 1 aromatic rings. The van der Waals surface area contributed by atoms with E-state index in [9.17, 15) is 9.18 Å². The van der Waals surface area contributed by atoms with Crippen LogP contribution in [0.25, 0.3) is 0 Å². The van der Waals surface area contributed by atoms with Gasteiger partial charge in [0.2, 0.25) is 5.91 Å². The van der Waals surface area contributed by atoms with Crippen LogP contribution in [-0.2, 0) is 4.79 Å². The third-order valence-electron chi connectivity index (χ3n) is 3.74. The number of anilines is 1. The maximum atomic E-state index is 13.2. The molecule has 4 heteroatoms. The summed E-state index contributed by atoms with van der Waals surface area (Å²) in [4.78, 5) is 12.1. The molecule has 3 nitrogen and oxygen atoms in total. The molecule has 2 rings (SSSR count). The van der Waals surface area contributed by atoms with Gasteiger partial charge in [-0.1, -0.05) is 6.92 Å². The summed E-state index contributed by atoms with van der Waals surface area (Å²) in [5, 5.41) is 11.5. The van der Waals surface area contributed by atoms with Crippen LogP contribution < -0.4 is 5.32 Å². The lowest BCUT2D eigenvalue weighted by atomic mass is 9.82. The molecule has 1 aliphatic rings. The Morgan fingerprint density at radius 2 is 2.05 bits per heavy atom. The number of amides is 1. The first kappa shape index (κ1) is 13.5. The zero-order chi connectivity index (χ0) is 13.8. The highest BCUT2D eigenvalue weighted by molar-refractivity contribution is 5.92. The normalized spacial score (nSPS) is 22.6. The van der Waals surface area contributed by atoms with Gasteiger partial charge in [-0.25, -0.2) is 4.39 Å². The van der Waals surface area contributed by atoms with Crippen molar-refractivity contribution in [3.8, 4) is 6.07 Å². The van der Waals surface area contributed by atoms with Crippen LogP contribution >= 0.6 is 0 Å². The Hall–Kier alpha value is -1.89. The van der Waals surface area contributed by atoms with Gasteiger partial charge in [-0.2, -0.15) is 5.26 Å². The maximum Gasteiger partial charge on any atom is 0.227 e. The lowest BCUT2D eigenvalue weighted by Crippen LogP contribution is -2.26. The molecule has 0 heterocycles. The third-order valence-corrected chi connectivity index (χ3v) is 3.74. The monoisotopic (exact) mass is 260 g/mol. The molecular formula is C15H17FN2O. The van der Waals surface area contributed by atoms with Gasteiger partial charge in [0.25, 0.3) is 0 Å². The van der Waals surface area contributed by atoms with Gasteiger partial charge in [0.15, 0.2) is 0 Å². The molecule has 1 N–H and O–H groups in total. The molecule has 0 radical (unpaired) electrons. The molecule has 0 unspecified atom stereocenters. The lowest BCUT2D eigenvalue weighted by molar-refractivity contribution is -0.121. The van der Waals surface area contributed by atoms with Crippen LogP contribution in [0.2, 0.25) is 0 Å². The van der Waals surface area contributed by atoms with Gasteiger partial charge in [-0.05, 0) is 49.8 Å². The Bertz CT molecular complexity index is 513. The van der Waals surface area contributed by atoms with Crippen molar-refractivity contribution in [1.82, 2.24) is 0 Å². The van der Waals surface area contributed by atoms with Crippen molar-refractivity contribution < 1.29 is 9.18 Å². The van der Waals surface area contributed by atoms with E-state index in [1.165, 1.54) is 18.2 Å². The summed E-state index contributed by atoms with van der Waals surface area (Å²) in [6.07, 6.45) is 3.95. The Kier molecular flexibility index (Phi) is 4.16. The Balaban J connectivity index is 2.01. The number of rotatable bonds is 2. The van der Waals surface area contributed by atoms with E-state index in [0.717, 1.165) is 25.7 Å². The summed E-state index contributed by atoms with van der Waals surface area (Å²) in [5.74, 6) is 0.140. The SMILES string of the molecule is CC1CCC(C(=O)Nc2ccc(F)c(C#N)c2)CC1. The minimum absolute atomic E-state index is 0.0256. The molecule has 100 valence electrons. The van der Waals surface area contributed by atoms with Gasteiger partial charge in [-0.3, -0.25) is 4.79 Å². The average molecular weight is 260 g/mol. The number of carbonyl (C=O) groups is 1. The van der Waals surface area contributed by atoms with Crippen LogP contribution in [0.5, 0.6) is 0 Å². The van der Waals surface area contributed by atoms with E-state index >= 15 is 0 Å². The molecule has 1 saturated carbocycles. The number of benzene rings is 1. The molecule has 0 aromatic heterocycles. The Labute approximate surface area is 112 Å². The molecule has 0 atom stereocenters. The fourth-order valence-corrected chi connectivity index (χ4v) is 2.46. The van der Waals surface area contributed by atoms with Gasteiger partial charge in [0.1, 0.15) is 11.9 Å². The molecule has 1 fully saturated rings. The van der Waals surface area contributed by atoms with Crippen molar-refractivity contribution in [1.29, 1.82) is 5.26 Å². The van der Waals surface area contributed by atoms with Gasteiger partial charge in [0.05, 0.1) is 5.56 Å². The van der Waals surface area contributed by atoms with Crippen molar-refractivity contribution in [3.63, 3.8) is 0 Å². The summed E-state index contributed by atoms with van der Waals surface area (Å²) in [6, 6.07) is 5.83. The predicted molar refractivity (Wildman–Crippen MR) is 70.9 cm³/mol. The second-order valence-electron chi connectivity index (χ2n) is 5.25. The van der Waals surface area contributed by atoms with E-state index in [1.54, 1.807) is 6.07 Å². The second-order valence-corrected chi connectivity index (χ2v) is 5.25. The standard InChI is InChI=1S/C15H17FN2O/c1-10-2-4-11(5-3-10)15(19)18-13-6-7-14(16)12(8-13)9-17/h6-8,10-11H,2-5H2,1H3,(H,18,19). The van der Waals surface area contributed by atoms with E-state index in [2.05, 4.69) is 12.2 Å². The van der Waals surface area contributed by atoms with E-state index in [0.29, 0.717) is 11.6 Å². The van der Waals surface area contributed by atoms with Crippen LogP contribution in [0.3, 0.4) is 0 Å². The van der Waals surface area contributed by atoms with Crippen molar-refractivity contribution >= 4 is 11.6 Å². The molecule has 0 saturated heterocycles. The lowest BCUT2D eigenvalue weighted by Gasteiger charge is -2.25. The molecule has 0 aliphatic heterocycles. The van der Waals surface area contributed by atoms with Crippen molar-refractivity contribution in [2.24, 2.45) is 11.8 Å². The van der Waals surface area contributed by atoms with Gasteiger partial charge in [0, 0.05) is 11.6 Å². The first-order valence-corrected chi connectivity index (χ1v) is 6.60. The summed E-state index contributed by atoms with van der Waals surface area (Å²) in [6.45, 7) is 2.20. The molecule has 0 bridgehead atoms. The molecule has 1 aromatic carbocycles. The van der Waals surface area contributed by atoms with Gasteiger partial charge >= 0.3 is 0 Å². The third kappa shape index (κ3) is 3.31. The first-order chi connectivity index (χ1) is 9.10. The number of carbonyl (C=O) groups excluding carboxylic acids is 1. The van der Waals surface area contributed by atoms with Crippen LogP contribution in [0.1, 0.15) is 38.2 Å². The Morgan fingerprint density at radius 3 is 2.68 bits per heavy atom. The van der Waals surface area contributed by atoms with Crippen molar-refractivity contribution in [3.05, 3.63) is 29.6 Å². The van der Waals surface area contributed by atoms with E-state index < -0.39 is 5.82 Å². The summed E-state index contributed by atoms with van der Waals surface area (Å²) in [5.41, 5.74) is 0.441. The highest BCUT2D eigenvalue weighted by atomic mass is 19.1. The zero-order valence-corrected chi connectivity index (χ0v) is 10.9. The predicted octanol–water partition coefficient (Wildman–Crippen LogP) is 3.46. The number of hydrogen-bond donors (Lipinski definition) is 1. The van der Waals surface area contributed by atoms with Crippen LogP contribution in [0.15, 0.2) is 18.2 Å². The highest BCUT2D eigenvalue weighted by Crippen LogP contribution is 2.29. The maximum absolute atomic E-state index is 13.2. The van der Waals surface area contributed by atoms with E-state index in [1.807, 2.05) is 0 Å². The quantitative estimate of drug-likeness (QED) is 0.885. The molecule has 1 amide bonds. The largest absolute Gasteiger partial charge is 0.326 e. The summed E-state index contributed by atoms with van der Waals surface area (Å²) >= 11 is 0. The highest BCUT2D eigenvalue weighted by Gasteiger charge is 2.24. The smallest absolute Gasteiger partial charge is 0.227 e. The molecule has 19 heavy (non-hydrogen) atoms. The topological polar surface area (TPSA) is 52.9 Å². The van der Waals surface area contributed by atoms with Gasteiger partial charge in [-0.15, -0.1) is 0 Å². The fourth-order valence-electron chi connectivity index (χ4n) is 2.46. The first-order valence-electron chi connectivity index (χ1n) is 6.60. The summed E-state index contributed by atoms with van der Waals surface area (Å²) in [7, 11) is 0. The molecular weight excluding hydrogens is 243 g/mol. The number of halogens is 1. The van der Waals surface area contributed by atoms with Crippen LogP contribution in [0.4, 0.5) is 10.1 Å². The number of hydrogen-bond acceptors (Lipinski definition) is 2. The minimum Gasteiger partial charge on any atom is -0.326 e. The molecule has 1 aliphatic carbocycles. The van der Waals surface area contributed by atoms with E-state index in [4.69, 9.17) is 5.26 Å². The van der Waals surface area contributed by atoms with Gasteiger partial charge < -0.3 is 5.32 Å². The number of nitrogens with zero attached hydrogens (tertiary/aromatic N) is 1. The van der Waals surface area contributed by atoms with Crippen LogP contribution in [0, 0.1) is 29.0 Å². The molecule has 0 spiro atoms. The fraction of sp³-hybridized carbons (Fsp3) is 0.467. The zero-order valence-electron chi connectivity index (χ0n) is 10.9.